The average Bonchev–Trinajstić information content (AvgIpc) is 2.30. The van der Waals surface area contributed by atoms with E-state index in [0.29, 0.717) is 11.5 Å². The highest BCUT2D eigenvalue weighted by Gasteiger charge is 2.00. The third-order valence-electron chi connectivity index (χ3n) is 2.12. The normalized spacial score (nSPS) is 10.0. The molecule has 0 aliphatic carbocycles. The smallest absolute Gasteiger partial charge is 0.132 e. The van der Waals surface area contributed by atoms with Gasteiger partial charge in [-0.25, -0.2) is 9.37 Å². The van der Waals surface area contributed by atoms with Crippen molar-refractivity contribution in [3.63, 3.8) is 0 Å². The predicted octanol–water partition coefficient (Wildman–Crippen LogP) is 3.44. The molecule has 1 N–H and O–H groups in total. The van der Waals surface area contributed by atoms with Gasteiger partial charge >= 0.3 is 0 Å². The molecule has 3 nitrogen and oxygen atoms in total. The minimum Gasteiger partial charge on any atom is -0.457 e. The van der Waals surface area contributed by atoms with Gasteiger partial charge in [-0.3, -0.25) is 0 Å². The van der Waals surface area contributed by atoms with Gasteiger partial charge < -0.3 is 10.1 Å². The van der Waals surface area contributed by atoms with Crippen LogP contribution in [0.1, 0.15) is 6.92 Å². The fourth-order valence-electron chi connectivity index (χ4n) is 1.42. The number of nitrogens with one attached hydrogen (secondary N) is 1. The van der Waals surface area contributed by atoms with Gasteiger partial charge in [-0.05, 0) is 25.1 Å². The van der Waals surface area contributed by atoms with Gasteiger partial charge in [-0.1, -0.05) is 6.07 Å². The summed E-state index contributed by atoms with van der Waals surface area (Å²) < 4.78 is 18.5. The molecule has 88 valence electrons. The number of aromatic nitrogens is 1. The summed E-state index contributed by atoms with van der Waals surface area (Å²) in [5.74, 6) is 1.52. The van der Waals surface area contributed by atoms with Crippen LogP contribution in [0.25, 0.3) is 0 Å². The second-order valence-electron chi connectivity index (χ2n) is 3.47. The Kier molecular flexibility index (Phi) is 3.55. The first-order valence-electron chi connectivity index (χ1n) is 5.41. The summed E-state index contributed by atoms with van der Waals surface area (Å²) in [6, 6.07) is 9.53. The van der Waals surface area contributed by atoms with E-state index >= 15 is 0 Å². The lowest BCUT2D eigenvalue weighted by Crippen LogP contribution is -1.98. The number of hydrogen-bond acceptors (Lipinski definition) is 3. The number of benzene rings is 1. The van der Waals surface area contributed by atoms with Gasteiger partial charge in [0.25, 0.3) is 0 Å². The molecule has 2 rings (SSSR count). The number of ether oxygens (including phenoxy) is 1. The van der Waals surface area contributed by atoms with Crippen LogP contribution in [0, 0.1) is 5.82 Å². The summed E-state index contributed by atoms with van der Waals surface area (Å²) in [7, 11) is 0. The average molecular weight is 232 g/mol. The zero-order valence-electron chi connectivity index (χ0n) is 9.48. The van der Waals surface area contributed by atoms with Crippen molar-refractivity contribution in [3.8, 4) is 11.5 Å². The van der Waals surface area contributed by atoms with E-state index < -0.39 is 0 Å². The van der Waals surface area contributed by atoms with Crippen LogP contribution in [-0.2, 0) is 0 Å². The van der Waals surface area contributed by atoms with Crippen LogP contribution < -0.4 is 10.1 Å². The molecule has 0 aliphatic rings. The van der Waals surface area contributed by atoms with Crippen LogP contribution in [0.15, 0.2) is 42.6 Å². The first-order valence-corrected chi connectivity index (χ1v) is 5.41. The maximum Gasteiger partial charge on any atom is 0.132 e. The van der Waals surface area contributed by atoms with Crippen LogP contribution in [0.5, 0.6) is 11.5 Å². The topological polar surface area (TPSA) is 34.1 Å². The second kappa shape index (κ2) is 5.30. The number of rotatable bonds is 4. The maximum absolute atomic E-state index is 13.0. The van der Waals surface area contributed by atoms with Crippen molar-refractivity contribution in [1.29, 1.82) is 0 Å². The number of hydrogen-bond donors (Lipinski definition) is 1. The van der Waals surface area contributed by atoms with E-state index in [9.17, 15) is 4.39 Å². The van der Waals surface area contributed by atoms with E-state index in [2.05, 4.69) is 10.3 Å². The van der Waals surface area contributed by atoms with Crippen molar-refractivity contribution in [2.45, 2.75) is 6.92 Å². The van der Waals surface area contributed by atoms with Gasteiger partial charge in [-0.15, -0.1) is 0 Å². The Morgan fingerprint density at radius 1 is 1.24 bits per heavy atom. The van der Waals surface area contributed by atoms with Crippen molar-refractivity contribution >= 4 is 5.82 Å². The third-order valence-corrected chi connectivity index (χ3v) is 2.12. The lowest BCUT2D eigenvalue weighted by Gasteiger charge is -2.07. The Morgan fingerprint density at radius 3 is 2.82 bits per heavy atom. The van der Waals surface area contributed by atoms with Crippen molar-refractivity contribution < 1.29 is 9.13 Å². The third kappa shape index (κ3) is 3.17. The molecule has 0 saturated heterocycles. The van der Waals surface area contributed by atoms with Crippen LogP contribution in [0.4, 0.5) is 10.2 Å². The first kappa shape index (κ1) is 11.4. The Labute approximate surface area is 99.3 Å². The molecule has 0 atom stereocenters. The molecule has 0 bridgehead atoms. The molecule has 4 heteroatoms. The molecule has 1 heterocycles. The molecule has 0 unspecified atom stereocenters. The van der Waals surface area contributed by atoms with E-state index in [1.54, 1.807) is 30.5 Å². The second-order valence-corrected chi connectivity index (χ2v) is 3.47. The molecule has 0 saturated carbocycles. The Balaban J connectivity index is 2.15. The summed E-state index contributed by atoms with van der Waals surface area (Å²) in [6.45, 7) is 2.78. The number of pyridine rings is 1. The Hall–Kier alpha value is -2.10. The lowest BCUT2D eigenvalue weighted by molar-refractivity contribution is 0.476. The van der Waals surface area contributed by atoms with Gasteiger partial charge in [0.2, 0.25) is 0 Å². The van der Waals surface area contributed by atoms with Crippen LogP contribution in [0.3, 0.4) is 0 Å². The van der Waals surface area contributed by atoms with Gasteiger partial charge in [0.15, 0.2) is 0 Å². The van der Waals surface area contributed by atoms with Gasteiger partial charge in [0, 0.05) is 24.9 Å². The van der Waals surface area contributed by atoms with Crippen molar-refractivity contribution in [3.05, 3.63) is 48.4 Å². The van der Waals surface area contributed by atoms with Crippen LogP contribution >= 0.6 is 0 Å². The molecule has 1 aromatic carbocycles. The van der Waals surface area contributed by atoms with E-state index in [1.165, 1.54) is 12.1 Å². The van der Waals surface area contributed by atoms with Crippen molar-refractivity contribution in [1.82, 2.24) is 4.98 Å². The largest absolute Gasteiger partial charge is 0.457 e. The van der Waals surface area contributed by atoms with E-state index in [4.69, 9.17) is 4.74 Å². The summed E-state index contributed by atoms with van der Waals surface area (Å²) >= 11 is 0. The summed E-state index contributed by atoms with van der Waals surface area (Å²) in [5, 5.41) is 3.08. The lowest BCUT2D eigenvalue weighted by atomic mass is 10.3. The highest BCUT2D eigenvalue weighted by Crippen LogP contribution is 2.23. The predicted molar refractivity (Wildman–Crippen MR) is 64.9 cm³/mol. The summed E-state index contributed by atoms with van der Waals surface area (Å²) in [6.07, 6.45) is 1.65. The Bertz CT molecular complexity index is 502. The van der Waals surface area contributed by atoms with E-state index in [0.717, 1.165) is 12.4 Å². The quantitative estimate of drug-likeness (QED) is 0.876. The highest BCUT2D eigenvalue weighted by molar-refractivity contribution is 5.42. The fourth-order valence-corrected chi connectivity index (χ4v) is 1.42. The molecule has 0 radical (unpaired) electrons. The van der Waals surface area contributed by atoms with E-state index in [1.807, 2.05) is 6.92 Å². The number of halogens is 1. The molecule has 0 amide bonds. The van der Waals surface area contributed by atoms with Gasteiger partial charge in [0.1, 0.15) is 23.1 Å². The van der Waals surface area contributed by atoms with E-state index in [-0.39, 0.29) is 5.82 Å². The standard InChI is InChI=1S/C13H13FN2O/c1-2-15-13-9-12(6-7-16-13)17-11-5-3-4-10(14)8-11/h3-9H,2H2,1H3,(H,15,16). The zero-order chi connectivity index (χ0) is 12.1. The molecule has 0 aliphatic heterocycles. The molecule has 2 aromatic rings. The number of nitrogens with zero attached hydrogens (tertiary/aromatic N) is 1. The van der Waals surface area contributed by atoms with Crippen molar-refractivity contribution in [2.24, 2.45) is 0 Å². The minimum absolute atomic E-state index is 0.316. The monoisotopic (exact) mass is 232 g/mol. The molecule has 1 aromatic heterocycles. The summed E-state index contributed by atoms with van der Waals surface area (Å²) in [5.41, 5.74) is 0. The van der Waals surface area contributed by atoms with Crippen LogP contribution in [-0.4, -0.2) is 11.5 Å². The molecular formula is C13H13FN2O. The SMILES string of the molecule is CCNc1cc(Oc2cccc(F)c2)ccn1. The van der Waals surface area contributed by atoms with Gasteiger partial charge in [-0.2, -0.15) is 0 Å². The van der Waals surface area contributed by atoms with Crippen LogP contribution in [0.2, 0.25) is 0 Å². The molecule has 0 spiro atoms. The molecular weight excluding hydrogens is 219 g/mol. The fraction of sp³-hybridized carbons (Fsp3) is 0.154. The number of anilines is 1. The first-order chi connectivity index (χ1) is 8.28. The van der Waals surface area contributed by atoms with Crippen molar-refractivity contribution in [2.75, 3.05) is 11.9 Å². The maximum atomic E-state index is 13.0. The molecule has 17 heavy (non-hydrogen) atoms. The highest BCUT2D eigenvalue weighted by atomic mass is 19.1. The van der Waals surface area contributed by atoms with Gasteiger partial charge in [0.05, 0.1) is 0 Å². The molecule has 0 fully saturated rings. The minimum atomic E-state index is -0.316. The Morgan fingerprint density at radius 2 is 2.06 bits per heavy atom. The summed E-state index contributed by atoms with van der Waals surface area (Å²) in [4.78, 5) is 4.12. The zero-order valence-corrected chi connectivity index (χ0v) is 9.48.